The van der Waals surface area contributed by atoms with Crippen LogP contribution in [0.4, 0.5) is 5.69 Å². The smallest absolute Gasteiger partial charge is 0.268 e. The van der Waals surface area contributed by atoms with Crippen LogP contribution in [-0.4, -0.2) is 44.4 Å². The molecule has 0 bridgehead atoms. The van der Waals surface area contributed by atoms with Crippen molar-refractivity contribution in [3.63, 3.8) is 0 Å². The molecule has 0 saturated carbocycles. The molecule has 1 amide bonds. The number of nitrogens with zero attached hydrogens (tertiary/aromatic N) is 2. The first-order valence-corrected chi connectivity index (χ1v) is 11.7. The number of hydrogen-bond donors (Lipinski definition) is 0. The van der Waals surface area contributed by atoms with Crippen molar-refractivity contribution in [1.29, 1.82) is 0 Å². The lowest BCUT2D eigenvalue weighted by atomic mass is 10.1. The summed E-state index contributed by atoms with van der Waals surface area (Å²) in [5.41, 5.74) is 2.76. The molecule has 152 valence electrons. The van der Waals surface area contributed by atoms with Crippen LogP contribution in [0.25, 0.3) is 0 Å². The average Bonchev–Trinajstić information content (AvgIpc) is 3.37. The van der Waals surface area contributed by atoms with Crippen LogP contribution in [0.2, 0.25) is 0 Å². The van der Waals surface area contributed by atoms with E-state index in [4.69, 9.17) is 4.74 Å². The molecule has 3 aliphatic heterocycles. The quantitative estimate of drug-likeness (QED) is 0.778. The van der Waals surface area contributed by atoms with E-state index in [1.54, 1.807) is 27.4 Å². The number of fused-ring (bicyclic) bond motifs is 2. The van der Waals surface area contributed by atoms with Crippen LogP contribution in [0, 0.1) is 0 Å². The predicted molar refractivity (Wildman–Crippen MR) is 110 cm³/mol. The number of rotatable bonds is 3. The van der Waals surface area contributed by atoms with Crippen molar-refractivity contribution in [3.05, 3.63) is 53.6 Å². The number of hydrogen-bond acceptors (Lipinski definition) is 4. The molecule has 3 heterocycles. The lowest BCUT2D eigenvalue weighted by Gasteiger charge is -2.26. The summed E-state index contributed by atoms with van der Waals surface area (Å²) < 4.78 is 33.4. The number of sulfonamides is 1. The molecular formula is C22H24N2O4S. The normalized spacial score (nSPS) is 21.5. The SMILES string of the molecule is O=C([C@H]1Cc2ccccc2O1)N1CCc2cc(S(=O)(=O)N3CCCCC3)ccc21. The highest BCUT2D eigenvalue weighted by Crippen LogP contribution is 2.35. The van der Waals surface area contributed by atoms with Gasteiger partial charge in [0.05, 0.1) is 4.90 Å². The van der Waals surface area contributed by atoms with Crippen molar-refractivity contribution < 1.29 is 17.9 Å². The molecule has 1 atom stereocenters. The molecule has 0 unspecified atom stereocenters. The van der Waals surface area contributed by atoms with E-state index >= 15 is 0 Å². The first-order valence-electron chi connectivity index (χ1n) is 10.2. The Balaban J connectivity index is 1.37. The first-order chi connectivity index (χ1) is 14.0. The number of ether oxygens (including phenoxy) is 1. The number of benzene rings is 2. The lowest BCUT2D eigenvalue weighted by Crippen LogP contribution is -2.40. The second kappa shape index (κ2) is 7.15. The van der Waals surface area contributed by atoms with Gasteiger partial charge in [-0.3, -0.25) is 4.79 Å². The van der Waals surface area contributed by atoms with Crippen LogP contribution in [0.3, 0.4) is 0 Å². The first kappa shape index (κ1) is 18.6. The van der Waals surface area contributed by atoms with Crippen molar-refractivity contribution in [2.24, 2.45) is 0 Å². The van der Waals surface area contributed by atoms with Crippen molar-refractivity contribution in [2.75, 3.05) is 24.5 Å². The van der Waals surface area contributed by atoms with Gasteiger partial charge in [-0.25, -0.2) is 8.42 Å². The molecule has 6 nitrogen and oxygen atoms in total. The van der Waals surface area contributed by atoms with Crippen molar-refractivity contribution in [3.8, 4) is 5.75 Å². The fourth-order valence-corrected chi connectivity index (χ4v) is 6.08. The van der Waals surface area contributed by atoms with E-state index < -0.39 is 16.1 Å². The van der Waals surface area contributed by atoms with E-state index in [2.05, 4.69) is 0 Å². The maximum atomic E-state index is 13.1. The maximum Gasteiger partial charge on any atom is 0.268 e. The fraction of sp³-hybridized carbons (Fsp3) is 0.409. The molecular weight excluding hydrogens is 388 g/mol. The summed E-state index contributed by atoms with van der Waals surface area (Å²) in [4.78, 5) is 15.2. The van der Waals surface area contributed by atoms with Crippen molar-refractivity contribution >= 4 is 21.6 Å². The van der Waals surface area contributed by atoms with E-state index in [1.807, 2.05) is 24.3 Å². The Bertz CT molecular complexity index is 1040. The Labute approximate surface area is 171 Å². The molecule has 0 radical (unpaired) electrons. The largest absolute Gasteiger partial charge is 0.480 e. The summed E-state index contributed by atoms with van der Waals surface area (Å²) in [5, 5.41) is 0. The molecule has 2 aromatic rings. The minimum Gasteiger partial charge on any atom is -0.480 e. The lowest BCUT2D eigenvalue weighted by molar-refractivity contribution is -0.124. The van der Waals surface area contributed by atoms with Gasteiger partial charge in [-0.05, 0) is 54.7 Å². The number of carbonyl (C=O) groups excluding carboxylic acids is 1. The number of para-hydroxylation sites is 1. The number of anilines is 1. The molecule has 0 aliphatic carbocycles. The minimum atomic E-state index is -3.47. The highest BCUT2D eigenvalue weighted by molar-refractivity contribution is 7.89. The minimum absolute atomic E-state index is 0.0633. The van der Waals surface area contributed by atoms with E-state index in [9.17, 15) is 13.2 Å². The highest BCUT2D eigenvalue weighted by atomic mass is 32.2. The van der Waals surface area contributed by atoms with E-state index in [-0.39, 0.29) is 5.91 Å². The summed E-state index contributed by atoms with van der Waals surface area (Å²) in [6.07, 6.45) is 3.62. The third kappa shape index (κ3) is 3.22. The Kier molecular flexibility index (Phi) is 4.59. The third-order valence-corrected chi connectivity index (χ3v) is 7.98. The molecule has 0 spiro atoms. The Morgan fingerprint density at radius 3 is 2.55 bits per heavy atom. The van der Waals surface area contributed by atoms with Gasteiger partial charge in [0.25, 0.3) is 5.91 Å². The molecule has 1 fully saturated rings. The number of carbonyl (C=O) groups is 1. The Morgan fingerprint density at radius 2 is 1.76 bits per heavy atom. The summed E-state index contributed by atoms with van der Waals surface area (Å²) in [5.74, 6) is 0.708. The van der Waals surface area contributed by atoms with E-state index in [0.29, 0.717) is 37.4 Å². The molecule has 3 aliphatic rings. The second-order valence-electron chi connectivity index (χ2n) is 7.91. The summed E-state index contributed by atoms with van der Waals surface area (Å²) in [7, 11) is -3.47. The van der Waals surface area contributed by atoms with Gasteiger partial charge in [0.15, 0.2) is 6.10 Å². The van der Waals surface area contributed by atoms with Gasteiger partial charge in [0, 0.05) is 31.7 Å². The van der Waals surface area contributed by atoms with Crippen LogP contribution in [-0.2, 0) is 27.7 Å². The van der Waals surface area contributed by atoms with Gasteiger partial charge < -0.3 is 9.64 Å². The van der Waals surface area contributed by atoms with Gasteiger partial charge >= 0.3 is 0 Å². The van der Waals surface area contributed by atoms with Crippen LogP contribution < -0.4 is 9.64 Å². The standard InChI is InChI=1S/C22H24N2O4S/c25-22(21-15-17-6-2-3-7-20(17)28-21)24-13-10-16-14-18(8-9-19(16)24)29(26,27)23-11-4-1-5-12-23/h2-3,6-9,14,21H,1,4-5,10-13,15H2/t21-/m1/s1. The van der Waals surface area contributed by atoms with E-state index in [0.717, 1.165) is 41.8 Å². The summed E-state index contributed by atoms with van der Waals surface area (Å²) >= 11 is 0. The molecule has 1 saturated heterocycles. The number of piperidine rings is 1. The van der Waals surface area contributed by atoms with Crippen LogP contribution in [0.1, 0.15) is 30.4 Å². The highest BCUT2D eigenvalue weighted by Gasteiger charge is 2.36. The van der Waals surface area contributed by atoms with Crippen molar-refractivity contribution in [2.45, 2.75) is 43.1 Å². The maximum absolute atomic E-state index is 13.1. The van der Waals surface area contributed by atoms with Gasteiger partial charge in [0.1, 0.15) is 5.75 Å². The zero-order valence-electron chi connectivity index (χ0n) is 16.2. The zero-order valence-corrected chi connectivity index (χ0v) is 17.0. The van der Waals surface area contributed by atoms with Gasteiger partial charge in [0.2, 0.25) is 10.0 Å². The van der Waals surface area contributed by atoms with Crippen molar-refractivity contribution in [1.82, 2.24) is 4.31 Å². The molecule has 7 heteroatoms. The topological polar surface area (TPSA) is 66.9 Å². The van der Waals surface area contributed by atoms with E-state index in [1.165, 1.54) is 0 Å². The van der Waals surface area contributed by atoms with Gasteiger partial charge in [-0.1, -0.05) is 24.6 Å². The summed E-state index contributed by atoms with van der Waals surface area (Å²) in [6, 6.07) is 12.9. The fourth-order valence-electron chi connectivity index (χ4n) is 4.52. The Morgan fingerprint density at radius 1 is 0.966 bits per heavy atom. The number of amides is 1. The molecule has 0 N–H and O–H groups in total. The summed E-state index contributed by atoms with van der Waals surface area (Å²) in [6.45, 7) is 1.73. The van der Waals surface area contributed by atoms with Gasteiger partial charge in [-0.15, -0.1) is 0 Å². The van der Waals surface area contributed by atoms with Crippen LogP contribution in [0.5, 0.6) is 5.75 Å². The molecule has 2 aromatic carbocycles. The third-order valence-electron chi connectivity index (χ3n) is 6.09. The second-order valence-corrected chi connectivity index (χ2v) is 9.85. The average molecular weight is 413 g/mol. The van der Waals surface area contributed by atoms with Crippen LogP contribution >= 0.6 is 0 Å². The van der Waals surface area contributed by atoms with Gasteiger partial charge in [-0.2, -0.15) is 4.31 Å². The monoisotopic (exact) mass is 412 g/mol. The van der Waals surface area contributed by atoms with Crippen LogP contribution in [0.15, 0.2) is 47.4 Å². The Hall–Kier alpha value is -2.38. The predicted octanol–water partition coefficient (Wildman–Crippen LogP) is 2.75. The molecule has 29 heavy (non-hydrogen) atoms. The molecule has 0 aromatic heterocycles. The zero-order chi connectivity index (χ0) is 20.0. The molecule has 5 rings (SSSR count).